The summed E-state index contributed by atoms with van der Waals surface area (Å²) in [5.41, 5.74) is 11.7. The quantitative estimate of drug-likeness (QED) is 0.383. The average Bonchev–Trinajstić information content (AvgIpc) is 3.14. The molecule has 6 N–H and O–H groups in total. The maximum absolute atomic E-state index is 9.15. The van der Waals surface area contributed by atoms with E-state index in [1.165, 1.54) is 29.8 Å². The number of nitrogens with one attached hydrogen (secondary N) is 2. The molecule has 0 aliphatic carbocycles. The van der Waals surface area contributed by atoms with Crippen LogP contribution in [0, 0.1) is 16.7 Å². The Balaban J connectivity index is 0.000000445. The van der Waals surface area contributed by atoms with Crippen LogP contribution in [0.4, 0.5) is 10.9 Å². The minimum atomic E-state index is 0.425. The first-order valence-electron chi connectivity index (χ1n) is 8.63. The van der Waals surface area contributed by atoms with Crippen LogP contribution in [0.3, 0.4) is 0 Å². The molecule has 2 aromatic rings. The second kappa shape index (κ2) is 12.5. The van der Waals surface area contributed by atoms with Gasteiger partial charge in [0, 0.05) is 29.2 Å². The maximum Gasteiger partial charge on any atom is 0.212 e. The number of pyridine rings is 1. The third kappa shape index (κ3) is 10.1. The molecule has 0 aliphatic heterocycles. The third-order valence-corrected chi connectivity index (χ3v) is 4.63. The molecule has 0 spiro atoms. The highest BCUT2D eigenvalue weighted by atomic mass is 32.2. The van der Waals surface area contributed by atoms with Crippen molar-refractivity contribution >= 4 is 34.4 Å². The molecule has 148 valence electrons. The molecule has 0 amide bonds. The van der Waals surface area contributed by atoms with Gasteiger partial charge in [-0.1, -0.05) is 20.8 Å². The number of nitrogens with two attached hydrogens (primary N) is 2. The summed E-state index contributed by atoms with van der Waals surface area (Å²) in [6, 6.07) is 3.91. The Morgan fingerprint density at radius 2 is 2.04 bits per heavy atom. The van der Waals surface area contributed by atoms with E-state index in [2.05, 4.69) is 51.2 Å². The highest BCUT2D eigenvalue weighted by Crippen LogP contribution is 2.24. The molecule has 0 unspecified atom stereocenters. The Morgan fingerprint density at radius 3 is 2.56 bits per heavy atom. The zero-order valence-corrected chi connectivity index (χ0v) is 17.7. The van der Waals surface area contributed by atoms with Gasteiger partial charge in [-0.15, -0.1) is 0 Å². The predicted molar refractivity (Wildman–Crippen MR) is 114 cm³/mol. The fraction of sp³-hybridized carbons (Fsp3) is 0.529. The van der Waals surface area contributed by atoms with Gasteiger partial charge in [-0.2, -0.15) is 9.64 Å². The Hall–Kier alpha value is -1.93. The van der Waals surface area contributed by atoms with Crippen LogP contribution in [0.2, 0.25) is 0 Å². The molecule has 8 nitrogen and oxygen atoms in total. The molecular formula is C17H28N8S2. The van der Waals surface area contributed by atoms with E-state index in [0.717, 1.165) is 24.3 Å². The van der Waals surface area contributed by atoms with Gasteiger partial charge in [-0.25, -0.2) is 9.97 Å². The third-order valence-electron chi connectivity index (χ3n) is 3.17. The predicted octanol–water partition coefficient (Wildman–Crippen LogP) is 3.07. The van der Waals surface area contributed by atoms with Gasteiger partial charge in [0.05, 0.1) is 5.56 Å². The molecule has 0 atom stereocenters. The maximum atomic E-state index is 9.15. The van der Waals surface area contributed by atoms with Crippen LogP contribution in [-0.4, -0.2) is 34.0 Å². The number of hydrogen-bond acceptors (Lipinski definition) is 10. The first-order valence-corrected chi connectivity index (χ1v) is 10.2. The van der Waals surface area contributed by atoms with Crippen LogP contribution in [0.15, 0.2) is 23.5 Å². The number of hydrogen-bond donors (Lipinski definition) is 4. The van der Waals surface area contributed by atoms with Gasteiger partial charge in [-0.05, 0) is 49.4 Å². The van der Waals surface area contributed by atoms with Crippen molar-refractivity contribution in [2.45, 2.75) is 38.5 Å². The lowest BCUT2D eigenvalue weighted by molar-refractivity contribution is 0.385. The summed E-state index contributed by atoms with van der Waals surface area (Å²) >= 11 is 2.61. The van der Waals surface area contributed by atoms with Crippen molar-refractivity contribution in [1.82, 2.24) is 14.3 Å². The molecule has 0 radical (unpaired) electrons. The summed E-state index contributed by atoms with van der Waals surface area (Å²) < 4.78 is 6.93. The first kappa shape index (κ1) is 23.1. The summed E-state index contributed by atoms with van der Waals surface area (Å²) in [6.07, 6.45) is 5.13. The fourth-order valence-corrected chi connectivity index (χ4v) is 2.89. The fourth-order valence-electron chi connectivity index (χ4n) is 1.79. The van der Waals surface area contributed by atoms with Crippen LogP contribution in [0.5, 0.6) is 0 Å². The van der Waals surface area contributed by atoms with Gasteiger partial charge < -0.3 is 21.5 Å². The molecule has 2 aromatic heterocycles. The van der Waals surface area contributed by atoms with Crippen LogP contribution < -0.4 is 21.5 Å². The van der Waals surface area contributed by atoms with Gasteiger partial charge in [0.25, 0.3) is 0 Å². The van der Waals surface area contributed by atoms with Crippen LogP contribution in [0.1, 0.15) is 39.2 Å². The molecule has 10 heteroatoms. The molecule has 2 rings (SSSR count). The topological polar surface area (TPSA) is 139 Å². The van der Waals surface area contributed by atoms with Gasteiger partial charge in [0.15, 0.2) is 0 Å². The Bertz CT molecular complexity index is 692. The standard InChI is InChI=1S/C11H13N7S2.C6H15N/c12-2-1-3-14-10-8(5-13)4-9(6-15-10)19-18-11-16-7-17-20-11;1-6(2,3)4-5-7/h4,6-7H,1-3,12H2,(H,14,15)(H,16,17,18);4-5,7H2,1-3H3. The van der Waals surface area contributed by atoms with Crippen molar-refractivity contribution < 1.29 is 0 Å². The van der Waals surface area contributed by atoms with E-state index in [1.54, 1.807) is 12.3 Å². The molecule has 0 saturated heterocycles. The number of nitriles is 1. The second-order valence-corrected chi connectivity index (χ2v) is 8.46. The lowest BCUT2D eigenvalue weighted by Crippen LogP contribution is -2.12. The average molecular weight is 409 g/mol. The Labute approximate surface area is 169 Å². The van der Waals surface area contributed by atoms with Gasteiger partial charge in [0.2, 0.25) is 5.13 Å². The second-order valence-electron chi connectivity index (χ2n) is 6.80. The minimum Gasteiger partial charge on any atom is -0.369 e. The highest BCUT2D eigenvalue weighted by Gasteiger charge is 2.07. The smallest absolute Gasteiger partial charge is 0.212 e. The van der Waals surface area contributed by atoms with Crippen molar-refractivity contribution in [3.8, 4) is 6.07 Å². The summed E-state index contributed by atoms with van der Waals surface area (Å²) in [5, 5.41) is 13.0. The normalized spacial score (nSPS) is 10.5. The van der Waals surface area contributed by atoms with Crippen molar-refractivity contribution in [2.24, 2.45) is 16.9 Å². The van der Waals surface area contributed by atoms with E-state index < -0.39 is 0 Å². The zero-order valence-electron chi connectivity index (χ0n) is 16.0. The molecule has 0 fully saturated rings. The lowest BCUT2D eigenvalue weighted by atomic mass is 9.93. The van der Waals surface area contributed by atoms with Crippen molar-refractivity contribution in [1.29, 1.82) is 5.26 Å². The number of rotatable bonds is 8. The monoisotopic (exact) mass is 408 g/mol. The van der Waals surface area contributed by atoms with Gasteiger partial charge in [0.1, 0.15) is 18.2 Å². The molecule has 2 heterocycles. The van der Waals surface area contributed by atoms with Crippen LogP contribution >= 0.6 is 23.5 Å². The summed E-state index contributed by atoms with van der Waals surface area (Å²) in [4.78, 5) is 9.09. The number of aromatic nitrogens is 3. The Kier molecular flexibility index (Phi) is 10.7. The van der Waals surface area contributed by atoms with Crippen LogP contribution in [-0.2, 0) is 0 Å². The van der Waals surface area contributed by atoms with E-state index in [4.69, 9.17) is 16.7 Å². The van der Waals surface area contributed by atoms with E-state index in [9.17, 15) is 0 Å². The molecule has 0 saturated carbocycles. The van der Waals surface area contributed by atoms with Crippen LogP contribution in [0.25, 0.3) is 0 Å². The first-order chi connectivity index (χ1) is 12.9. The Morgan fingerprint density at radius 1 is 1.26 bits per heavy atom. The molecule has 0 aromatic carbocycles. The SMILES string of the molecule is CC(C)(C)CCN.N#Cc1cc(SNc2ncns2)cnc1NCCCN. The van der Waals surface area contributed by atoms with E-state index >= 15 is 0 Å². The lowest BCUT2D eigenvalue weighted by Gasteiger charge is -2.15. The van der Waals surface area contributed by atoms with E-state index in [0.29, 0.717) is 35.0 Å². The summed E-state index contributed by atoms with van der Waals surface area (Å²) in [5.74, 6) is 0.584. The largest absolute Gasteiger partial charge is 0.369 e. The number of nitrogens with zero attached hydrogens (tertiary/aromatic N) is 4. The summed E-state index contributed by atoms with van der Waals surface area (Å²) in [6.45, 7) is 8.70. The van der Waals surface area contributed by atoms with Gasteiger partial charge >= 0.3 is 0 Å². The van der Waals surface area contributed by atoms with Crippen molar-refractivity contribution in [3.63, 3.8) is 0 Å². The molecular weight excluding hydrogens is 380 g/mol. The number of anilines is 2. The molecule has 27 heavy (non-hydrogen) atoms. The minimum absolute atomic E-state index is 0.425. The van der Waals surface area contributed by atoms with Crippen molar-refractivity contribution in [3.05, 3.63) is 24.2 Å². The molecule has 0 bridgehead atoms. The van der Waals surface area contributed by atoms with Gasteiger partial charge in [-0.3, -0.25) is 0 Å². The van der Waals surface area contributed by atoms with E-state index in [-0.39, 0.29) is 0 Å². The van der Waals surface area contributed by atoms with Crippen molar-refractivity contribution in [2.75, 3.05) is 29.7 Å². The highest BCUT2D eigenvalue weighted by molar-refractivity contribution is 8.00. The summed E-state index contributed by atoms with van der Waals surface area (Å²) in [7, 11) is 0. The van der Waals surface area contributed by atoms with E-state index in [1.807, 2.05) is 0 Å². The molecule has 0 aliphatic rings. The zero-order chi connectivity index (χ0) is 20.1.